The molecule has 34 heavy (non-hydrogen) atoms. The van der Waals surface area contributed by atoms with Crippen molar-refractivity contribution in [3.05, 3.63) is 77.6 Å². The number of rotatable bonds is 3. The van der Waals surface area contributed by atoms with Crippen LogP contribution in [0.15, 0.2) is 54.9 Å². The second-order valence-corrected chi connectivity index (χ2v) is 7.99. The van der Waals surface area contributed by atoms with E-state index in [9.17, 15) is 18.0 Å². The molecule has 3 heterocycles. The Kier molecular flexibility index (Phi) is 5.31. The summed E-state index contributed by atoms with van der Waals surface area (Å²) in [6.07, 6.45) is -2.30. The van der Waals surface area contributed by atoms with Gasteiger partial charge in [0.15, 0.2) is 5.82 Å². The molecule has 4 aromatic rings. The highest BCUT2D eigenvalue weighted by molar-refractivity contribution is 5.90. The summed E-state index contributed by atoms with van der Waals surface area (Å²) in [5.41, 5.74) is 2.01. The number of hydrogen-bond donors (Lipinski definition) is 2. The standard InChI is InChI=1S/C23H20F3N7O/c1-14-28-21(31-30-14)15-9-16(23(24,25)26)11-17(10-15)29-22(34)32-8-7-20-19(12-32)27-13-33(20)18-5-3-2-4-6-18/h2-6,9-11,13H,7-8,12H2,1H3,(H,29,34)(H,28,30,31). The number of para-hydroxylation sites is 1. The van der Waals surface area contributed by atoms with Crippen molar-refractivity contribution >= 4 is 11.7 Å². The highest BCUT2D eigenvalue weighted by Crippen LogP contribution is 2.34. The third-order valence-corrected chi connectivity index (χ3v) is 5.60. The van der Waals surface area contributed by atoms with Gasteiger partial charge in [0.1, 0.15) is 5.82 Å². The van der Waals surface area contributed by atoms with E-state index in [4.69, 9.17) is 0 Å². The van der Waals surface area contributed by atoms with Crippen LogP contribution in [-0.2, 0) is 19.1 Å². The van der Waals surface area contributed by atoms with Crippen molar-refractivity contribution in [1.29, 1.82) is 0 Å². The van der Waals surface area contributed by atoms with Gasteiger partial charge in [-0.25, -0.2) is 14.8 Å². The molecular formula is C23H20F3N7O. The van der Waals surface area contributed by atoms with E-state index >= 15 is 0 Å². The minimum atomic E-state index is -4.59. The second-order valence-electron chi connectivity index (χ2n) is 7.99. The number of urea groups is 1. The van der Waals surface area contributed by atoms with Gasteiger partial charge in [0, 0.05) is 35.6 Å². The molecule has 1 aliphatic rings. The normalized spacial score (nSPS) is 13.6. The largest absolute Gasteiger partial charge is 0.416 e. The van der Waals surface area contributed by atoms with E-state index in [-0.39, 0.29) is 23.6 Å². The van der Waals surface area contributed by atoms with Gasteiger partial charge in [-0.2, -0.15) is 18.3 Å². The number of fused-ring (bicyclic) bond motifs is 1. The average Bonchev–Trinajstić information content (AvgIpc) is 3.44. The molecule has 0 atom stereocenters. The van der Waals surface area contributed by atoms with Crippen LogP contribution in [0, 0.1) is 6.92 Å². The first-order chi connectivity index (χ1) is 16.3. The molecule has 174 valence electrons. The quantitative estimate of drug-likeness (QED) is 0.462. The van der Waals surface area contributed by atoms with Crippen LogP contribution in [0.2, 0.25) is 0 Å². The maximum absolute atomic E-state index is 13.5. The third-order valence-electron chi connectivity index (χ3n) is 5.60. The number of H-pyrrole nitrogens is 1. The minimum absolute atomic E-state index is 0.0119. The maximum Gasteiger partial charge on any atom is 0.416 e. The smallest absolute Gasteiger partial charge is 0.318 e. The zero-order valence-corrected chi connectivity index (χ0v) is 18.1. The SMILES string of the molecule is Cc1nc(-c2cc(NC(=O)N3CCc4c(ncn4-c4ccccc4)C3)cc(C(F)(F)F)c2)n[nH]1. The summed E-state index contributed by atoms with van der Waals surface area (Å²) in [5, 5.41) is 9.15. The minimum Gasteiger partial charge on any atom is -0.318 e. The Bertz CT molecular complexity index is 1340. The lowest BCUT2D eigenvalue weighted by atomic mass is 10.1. The number of carbonyl (C=O) groups excluding carboxylic acids is 1. The summed E-state index contributed by atoms with van der Waals surface area (Å²) in [7, 11) is 0. The van der Waals surface area contributed by atoms with Gasteiger partial charge in [-0.3, -0.25) is 5.10 Å². The summed E-state index contributed by atoms with van der Waals surface area (Å²) < 4.78 is 42.4. The highest BCUT2D eigenvalue weighted by atomic mass is 19.4. The Balaban J connectivity index is 1.37. The lowest BCUT2D eigenvalue weighted by Crippen LogP contribution is -2.39. The third kappa shape index (κ3) is 4.24. The van der Waals surface area contributed by atoms with Crippen LogP contribution in [0.4, 0.5) is 23.7 Å². The van der Waals surface area contributed by atoms with Gasteiger partial charge in [-0.1, -0.05) is 18.2 Å². The van der Waals surface area contributed by atoms with E-state index in [2.05, 4.69) is 25.5 Å². The number of aryl methyl sites for hydroxylation is 1. The van der Waals surface area contributed by atoms with Crippen LogP contribution >= 0.6 is 0 Å². The van der Waals surface area contributed by atoms with Crippen molar-refractivity contribution in [3.8, 4) is 17.1 Å². The molecule has 5 rings (SSSR count). The number of hydrogen-bond acceptors (Lipinski definition) is 4. The number of nitrogens with one attached hydrogen (secondary N) is 2. The molecule has 0 aliphatic carbocycles. The van der Waals surface area contributed by atoms with E-state index < -0.39 is 17.8 Å². The van der Waals surface area contributed by atoms with Gasteiger partial charge in [0.25, 0.3) is 0 Å². The first-order valence-corrected chi connectivity index (χ1v) is 10.6. The summed E-state index contributed by atoms with van der Waals surface area (Å²) >= 11 is 0. The lowest BCUT2D eigenvalue weighted by molar-refractivity contribution is -0.137. The summed E-state index contributed by atoms with van der Waals surface area (Å²) in [6, 6.07) is 12.5. The van der Waals surface area contributed by atoms with Gasteiger partial charge in [-0.15, -0.1) is 0 Å². The van der Waals surface area contributed by atoms with Crippen LogP contribution in [0.1, 0.15) is 22.8 Å². The molecular weight excluding hydrogens is 447 g/mol. The van der Waals surface area contributed by atoms with Gasteiger partial charge < -0.3 is 14.8 Å². The van der Waals surface area contributed by atoms with Crippen molar-refractivity contribution < 1.29 is 18.0 Å². The maximum atomic E-state index is 13.5. The Morgan fingerprint density at radius 3 is 2.65 bits per heavy atom. The molecule has 8 nitrogen and oxygen atoms in total. The molecule has 2 aromatic heterocycles. The number of aromatic amines is 1. The van der Waals surface area contributed by atoms with Crippen LogP contribution in [-0.4, -0.2) is 42.2 Å². The van der Waals surface area contributed by atoms with Gasteiger partial charge >= 0.3 is 12.2 Å². The zero-order chi connectivity index (χ0) is 23.9. The van der Waals surface area contributed by atoms with E-state index in [1.54, 1.807) is 13.3 Å². The average molecular weight is 467 g/mol. The number of aromatic nitrogens is 5. The number of carbonyl (C=O) groups is 1. The Morgan fingerprint density at radius 2 is 1.94 bits per heavy atom. The van der Waals surface area contributed by atoms with E-state index in [1.807, 2.05) is 34.9 Å². The number of nitrogens with zero attached hydrogens (tertiary/aromatic N) is 5. The summed E-state index contributed by atoms with van der Waals surface area (Å²) in [6.45, 7) is 2.31. The Morgan fingerprint density at radius 1 is 1.15 bits per heavy atom. The summed E-state index contributed by atoms with van der Waals surface area (Å²) in [4.78, 5) is 23.0. The van der Waals surface area contributed by atoms with Crippen LogP contribution in [0.3, 0.4) is 0 Å². The van der Waals surface area contributed by atoms with Crippen molar-refractivity contribution in [2.24, 2.45) is 0 Å². The fraction of sp³-hybridized carbons (Fsp3) is 0.217. The number of halogens is 3. The number of imidazole rings is 1. The highest BCUT2D eigenvalue weighted by Gasteiger charge is 2.32. The van der Waals surface area contributed by atoms with Gasteiger partial charge in [0.05, 0.1) is 24.1 Å². The molecule has 0 saturated heterocycles. The summed E-state index contributed by atoms with van der Waals surface area (Å²) in [5.74, 6) is 0.588. The molecule has 2 N–H and O–H groups in total. The first-order valence-electron chi connectivity index (χ1n) is 10.6. The van der Waals surface area contributed by atoms with E-state index in [0.29, 0.717) is 18.8 Å². The topological polar surface area (TPSA) is 91.7 Å². The molecule has 0 fully saturated rings. The Hall–Kier alpha value is -4.15. The monoisotopic (exact) mass is 467 g/mol. The predicted octanol–water partition coefficient (Wildman–Crippen LogP) is 4.57. The van der Waals surface area contributed by atoms with Crippen molar-refractivity contribution in [3.63, 3.8) is 0 Å². The van der Waals surface area contributed by atoms with Crippen molar-refractivity contribution in [1.82, 2.24) is 29.6 Å². The van der Waals surface area contributed by atoms with E-state index in [1.165, 1.54) is 11.0 Å². The molecule has 0 unspecified atom stereocenters. The zero-order valence-electron chi connectivity index (χ0n) is 18.1. The van der Waals surface area contributed by atoms with Gasteiger partial charge in [-0.05, 0) is 37.3 Å². The number of alkyl halides is 3. The van der Waals surface area contributed by atoms with Crippen LogP contribution < -0.4 is 5.32 Å². The number of anilines is 1. The van der Waals surface area contributed by atoms with Crippen molar-refractivity contribution in [2.75, 3.05) is 11.9 Å². The predicted molar refractivity (Wildman–Crippen MR) is 118 cm³/mol. The Labute approximate surface area is 192 Å². The molecule has 2 aromatic carbocycles. The molecule has 0 saturated carbocycles. The van der Waals surface area contributed by atoms with Gasteiger partial charge in [0.2, 0.25) is 0 Å². The van der Waals surface area contributed by atoms with Crippen LogP contribution in [0.5, 0.6) is 0 Å². The van der Waals surface area contributed by atoms with Crippen molar-refractivity contribution in [2.45, 2.75) is 26.1 Å². The van der Waals surface area contributed by atoms with Crippen LogP contribution in [0.25, 0.3) is 17.1 Å². The van der Waals surface area contributed by atoms with E-state index in [0.717, 1.165) is 29.2 Å². The molecule has 0 radical (unpaired) electrons. The lowest BCUT2D eigenvalue weighted by Gasteiger charge is -2.27. The fourth-order valence-corrected chi connectivity index (χ4v) is 3.96. The molecule has 0 spiro atoms. The fourth-order valence-electron chi connectivity index (χ4n) is 3.96. The first kappa shape index (κ1) is 21.7. The molecule has 11 heteroatoms. The molecule has 1 aliphatic heterocycles. The molecule has 0 bridgehead atoms. The number of benzene rings is 2. The molecule has 2 amide bonds. The second kappa shape index (κ2) is 8.32. The number of amides is 2.